The van der Waals surface area contributed by atoms with Crippen LogP contribution in [0.3, 0.4) is 0 Å². The second kappa shape index (κ2) is 40.0. The SMILES string of the molecule is CN=C(N)NCCC/C=C\CCC[C@H](C)[C@@H]1OC(=O)/C(C)=C\C=C/[C@@H](C)[C@H](O)C[C@@H](O)[C@H](C)[C@H](O)CC[C@H](C)[C@@H](O)C[C@@]2(O)O[C@@H](C[C@@H](OC(=O)CCCCCCCC(C)C)C[C@H](O)C[C@@H](O)C[C@H](O)/C(C)=C\C=C/[C@H]1C)C[C@@H](O)[C@@H]2O. The summed E-state index contributed by atoms with van der Waals surface area (Å²) in [5.41, 5.74) is 6.60. The zero-order chi connectivity index (χ0) is 61.5. The number of cyclic esters (lactones) is 1. The number of hydrogen-bond acceptors (Lipinski definition) is 16. The fraction of sp³-hybridized carbons (Fsp3) is 0.797. The van der Waals surface area contributed by atoms with Gasteiger partial charge in [-0.3, -0.25) is 9.79 Å². The molecule has 0 unspecified atom stereocenters. The molecule has 0 saturated carbocycles. The topological polar surface area (TPSA) is 315 Å². The molecular weight excluding hydrogens is 1050 g/mol. The largest absolute Gasteiger partial charge is 0.462 e. The first-order valence-corrected chi connectivity index (χ1v) is 30.9. The van der Waals surface area contributed by atoms with Gasteiger partial charge in [0.25, 0.3) is 0 Å². The Labute approximate surface area is 492 Å². The fourth-order valence-corrected chi connectivity index (χ4v) is 10.7. The van der Waals surface area contributed by atoms with Crippen molar-refractivity contribution >= 4 is 17.9 Å². The summed E-state index contributed by atoms with van der Waals surface area (Å²) in [6, 6.07) is 0. The Hall–Kier alpha value is -3.53. The number of esters is 2. The van der Waals surface area contributed by atoms with Gasteiger partial charge in [-0.15, -0.1) is 0 Å². The highest BCUT2D eigenvalue weighted by Crippen LogP contribution is 2.36. The lowest BCUT2D eigenvalue weighted by atomic mass is 9.84. The maximum Gasteiger partial charge on any atom is 0.334 e. The number of aliphatic hydroxyl groups excluding tert-OH is 9. The number of aliphatic imine (C=N–C) groups is 1. The first kappa shape index (κ1) is 74.6. The molecule has 0 spiro atoms. The average Bonchev–Trinajstić information content (AvgIpc) is 3.42. The second-order valence-electron chi connectivity index (χ2n) is 24.7. The van der Waals surface area contributed by atoms with Gasteiger partial charge in [0.2, 0.25) is 0 Å². The number of allylic oxidation sites excluding steroid dienone is 6. The number of ether oxygens (including phenoxy) is 3. The molecule has 0 aromatic carbocycles. The molecule has 2 heterocycles. The minimum Gasteiger partial charge on any atom is -0.462 e. The summed E-state index contributed by atoms with van der Waals surface area (Å²) >= 11 is 0. The van der Waals surface area contributed by atoms with E-state index in [1.54, 1.807) is 72.0 Å². The van der Waals surface area contributed by atoms with Crippen LogP contribution in [-0.4, -0.2) is 162 Å². The minimum absolute atomic E-state index is 0.0392. The van der Waals surface area contributed by atoms with Crippen molar-refractivity contribution in [2.75, 3.05) is 13.6 Å². The number of carbonyl (C=O) groups is 2. The second-order valence-corrected chi connectivity index (χ2v) is 24.7. The molecule has 474 valence electrons. The predicted octanol–water partition coefficient (Wildman–Crippen LogP) is 7.28. The zero-order valence-corrected chi connectivity index (χ0v) is 51.6. The summed E-state index contributed by atoms with van der Waals surface area (Å²) in [5, 5.41) is 116. The molecule has 0 aliphatic carbocycles. The van der Waals surface area contributed by atoms with Crippen molar-refractivity contribution in [1.29, 1.82) is 0 Å². The molecule has 1 fully saturated rings. The van der Waals surface area contributed by atoms with Crippen molar-refractivity contribution in [3.63, 3.8) is 0 Å². The number of nitrogens with one attached hydrogen (secondary N) is 1. The Bertz CT molecular complexity index is 1980. The highest BCUT2D eigenvalue weighted by atomic mass is 16.7. The van der Waals surface area contributed by atoms with Crippen LogP contribution < -0.4 is 11.1 Å². The normalized spacial score (nSPS) is 36.2. The number of carbonyl (C=O) groups excluding carboxylic acids is 2. The van der Waals surface area contributed by atoms with E-state index in [1.807, 2.05) is 13.0 Å². The molecule has 18 nitrogen and oxygen atoms in total. The lowest BCUT2D eigenvalue weighted by Crippen LogP contribution is -2.60. The number of aliphatic hydroxyl groups is 10. The first-order chi connectivity index (χ1) is 38.7. The van der Waals surface area contributed by atoms with E-state index < -0.39 is 115 Å². The number of rotatable bonds is 18. The molecule has 0 radical (unpaired) electrons. The predicted molar refractivity (Wildman–Crippen MR) is 322 cm³/mol. The molecule has 82 heavy (non-hydrogen) atoms. The maximum absolute atomic E-state index is 13.7. The third-order valence-corrected chi connectivity index (χ3v) is 16.6. The van der Waals surface area contributed by atoms with Gasteiger partial charge in [-0.25, -0.2) is 4.79 Å². The maximum atomic E-state index is 13.7. The number of nitrogens with two attached hydrogens (primary N) is 1. The van der Waals surface area contributed by atoms with Gasteiger partial charge in [-0.2, -0.15) is 0 Å². The Morgan fingerprint density at radius 1 is 0.744 bits per heavy atom. The Morgan fingerprint density at radius 3 is 2.06 bits per heavy atom. The van der Waals surface area contributed by atoms with Crippen LogP contribution in [0.15, 0.2) is 64.7 Å². The number of guanidine groups is 1. The smallest absolute Gasteiger partial charge is 0.334 e. The molecule has 1 saturated heterocycles. The molecule has 2 aliphatic rings. The lowest BCUT2D eigenvalue weighted by molar-refractivity contribution is -0.333. The van der Waals surface area contributed by atoms with Crippen LogP contribution in [0.5, 0.6) is 0 Å². The van der Waals surface area contributed by atoms with Crippen LogP contribution in [0, 0.1) is 35.5 Å². The number of hydrogen-bond donors (Lipinski definition) is 12. The fourth-order valence-electron chi connectivity index (χ4n) is 10.7. The highest BCUT2D eigenvalue weighted by Gasteiger charge is 2.50. The van der Waals surface area contributed by atoms with Gasteiger partial charge in [0.1, 0.15) is 18.3 Å². The van der Waals surface area contributed by atoms with E-state index in [-0.39, 0.29) is 69.6 Å². The zero-order valence-electron chi connectivity index (χ0n) is 51.6. The monoisotopic (exact) mass is 1160 g/mol. The highest BCUT2D eigenvalue weighted by molar-refractivity contribution is 5.88. The number of fused-ring (bicyclic) bond motifs is 2. The average molecular weight is 1160 g/mol. The van der Waals surface area contributed by atoms with Gasteiger partial charge in [0.05, 0.1) is 54.9 Å². The summed E-state index contributed by atoms with van der Waals surface area (Å²) in [7, 11) is 1.64. The van der Waals surface area contributed by atoms with E-state index in [1.165, 1.54) is 0 Å². The van der Waals surface area contributed by atoms with Crippen molar-refractivity contribution in [2.24, 2.45) is 46.2 Å². The molecule has 13 N–H and O–H groups in total. The first-order valence-electron chi connectivity index (χ1n) is 30.9. The summed E-state index contributed by atoms with van der Waals surface area (Å²) in [4.78, 5) is 30.9. The standard InChI is InChI=1S/C64H113N3O15/c1-41(2)24-18-14-13-16-20-30-59(76)80-51-35-49(68)34-50(69)36-54(71)42(3)26-22-28-46(7)60(45(6)25-19-15-11-12-17-21-33-67-63(65)66-10)81-62(78)47(8)29-23-27-43(4)55(72)39-56(73)48(9)53(70)32-31-44(5)58(75)40-64(79)61(77)57(74)38-52(37-51)82-64/h11-12,22-23,26-29,41,43-46,48-58,60-61,68-75,77,79H,13-21,24-25,30-40H2,1-10H3,(H3,65,66,67)/b12-11-,27-23-,28-22-,42-26-,47-29-/t43-,44+,45+,46-,48-,49-,50-,51+,52+,53-,54+,55-,56-,57-,58+,60+,61+,64-/m1/s1. The van der Waals surface area contributed by atoms with Crippen molar-refractivity contribution < 1.29 is 74.9 Å². The van der Waals surface area contributed by atoms with E-state index in [4.69, 9.17) is 19.9 Å². The molecule has 2 bridgehead atoms. The lowest BCUT2D eigenvalue weighted by Gasteiger charge is -2.45. The van der Waals surface area contributed by atoms with Gasteiger partial charge < -0.3 is 76.3 Å². The minimum atomic E-state index is -2.43. The van der Waals surface area contributed by atoms with Crippen molar-refractivity contribution in [2.45, 2.75) is 276 Å². The molecule has 2 aliphatic heterocycles. The van der Waals surface area contributed by atoms with Crippen molar-refractivity contribution in [3.05, 3.63) is 59.8 Å². The molecule has 18 heteroatoms. The third kappa shape index (κ3) is 29.5. The molecule has 0 aromatic rings. The molecular formula is C64H113N3O15. The molecule has 0 amide bonds. The third-order valence-electron chi connectivity index (χ3n) is 16.6. The van der Waals surface area contributed by atoms with E-state index >= 15 is 0 Å². The van der Waals surface area contributed by atoms with Crippen LogP contribution in [0.25, 0.3) is 0 Å². The summed E-state index contributed by atoms with van der Waals surface area (Å²) in [6.07, 6.45) is 10.3. The summed E-state index contributed by atoms with van der Waals surface area (Å²) in [6.45, 7) is 17.6. The number of unbranched alkanes of at least 4 members (excludes halogenated alkanes) is 6. The molecule has 2 rings (SSSR count). The molecule has 0 aromatic heterocycles. The Kier molecular flexibility index (Phi) is 36.3. The van der Waals surface area contributed by atoms with E-state index in [0.29, 0.717) is 29.4 Å². The van der Waals surface area contributed by atoms with Crippen LogP contribution in [-0.2, 0) is 23.8 Å². The number of nitrogens with zero attached hydrogens (tertiary/aromatic N) is 1. The van der Waals surface area contributed by atoms with Gasteiger partial charge in [0.15, 0.2) is 11.7 Å². The summed E-state index contributed by atoms with van der Waals surface area (Å²) in [5.74, 6) is -4.37. The van der Waals surface area contributed by atoms with Gasteiger partial charge in [0, 0.05) is 81.9 Å². The Morgan fingerprint density at radius 2 is 1.38 bits per heavy atom. The van der Waals surface area contributed by atoms with Crippen LogP contribution in [0.4, 0.5) is 0 Å². The van der Waals surface area contributed by atoms with Crippen LogP contribution in [0.1, 0.15) is 197 Å². The van der Waals surface area contributed by atoms with Crippen LogP contribution in [0.2, 0.25) is 0 Å². The van der Waals surface area contributed by atoms with Crippen LogP contribution >= 0.6 is 0 Å². The quantitative estimate of drug-likeness (QED) is 0.0211. The van der Waals surface area contributed by atoms with Crippen molar-refractivity contribution in [1.82, 2.24) is 5.32 Å². The summed E-state index contributed by atoms with van der Waals surface area (Å²) < 4.78 is 18.2. The molecule has 18 atom stereocenters. The van der Waals surface area contributed by atoms with Crippen molar-refractivity contribution in [3.8, 4) is 0 Å². The van der Waals surface area contributed by atoms with E-state index in [2.05, 4.69) is 43.2 Å². The van der Waals surface area contributed by atoms with Gasteiger partial charge >= 0.3 is 11.9 Å². The Balaban J connectivity index is 2.43. The van der Waals surface area contributed by atoms with Gasteiger partial charge in [-0.05, 0) is 95.0 Å². The van der Waals surface area contributed by atoms with E-state index in [9.17, 15) is 60.7 Å². The van der Waals surface area contributed by atoms with Gasteiger partial charge in [-0.1, -0.05) is 129 Å². The van der Waals surface area contributed by atoms with E-state index in [0.717, 1.165) is 70.8 Å².